The van der Waals surface area contributed by atoms with Crippen molar-refractivity contribution in [3.8, 4) is 11.4 Å². The van der Waals surface area contributed by atoms with Crippen LogP contribution in [0.2, 0.25) is 0 Å². The van der Waals surface area contributed by atoms with Gasteiger partial charge in [0.15, 0.2) is 0 Å². The summed E-state index contributed by atoms with van der Waals surface area (Å²) in [6.45, 7) is 1.20. The number of halogens is 1. The molecule has 2 fully saturated rings. The van der Waals surface area contributed by atoms with Crippen molar-refractivity contribution < 1.29 is 23.6 Å². The van der Waals surface area contributed by atoms with Crippen molar-refractivity contribution in [1.82, 2.24) is 15.0 Å². The van der Waals surface area contributed by atoms with Crippen LogP contribution in [-0.2, 0) is 16.0 Å². The van der Waals surface area contributed by atoms with Crippen molar-refractivity contribution in [2.45, 2.75) is 37.8 Å². The third kappa shape index (κ3) is 3.72. The van der Waals surface area contributed by atoms with E-state index in [1.807, 2.05) is 4.90 Å². The van der Waals surface area contributed by atoms with Crippen molar-refractivity contribution in [1.29, 1.82) is 0 Å². The lowest BCUT2D eigenvalue weighted by Crippen LogP contribution is -2.51. The smallest absolute Gasteiger partial charge is 0.227 e. The number of aromatic nitrogens is 2. The number of hydrogen-bond acceptors (Lipinski definition) is 6. The largest absolute Gasteiger partial charge is 0.396 e. The van der Waals surface area contributed by atoms with E-state index >= 15 is 0 Å². The Morgan fingerprint density at radius 1 is 1.33 bits per heavy atom. The minimum Gasteiger partial charge on any atom is -0.396 e. The van der Waals surface area contributed by atoms with Crippen LogP contribution in [0.15, 0.2) is 28.8 Å². The number of carbonyl (C=O) groups is 1. The third-order valence-corrected chi connectivity index (χ3v) is 5.35. The summed E-state index contributed by atoms with van der Waals surface area (Å²) in [7, 11) is 0. The molecule has 7 nitrogen and oxygen atoms in total. The number of aryl methyl sites for hydroxylation is 1. The van der Waals surface area contributed by atoms with Gasteiger partial charge < -0.3 is 19.3 Å². The molecule has 2 heterocycles. The molecule has 0 bridgehead atoms. The molecule has 1 amide bonds. The average Bonchev–Trinajstić information content (AvgIpc) is 3.32. The van der Waals surface area contributed by atoms with E-state index in [-0.39, 0.29) is 48.4 Å². The molecule has 1 saturated heterocycles. The minimum atomic E-state index is -0.417. The van der Waals surface area contributed by atoms with Crippen molar-refractivity contribution in [3.05, 3.63) is 36.0 Å². The van der Waals surface area contributed by atoms with Crippen LogP contribution >= 0.6 is 0 Å². The van der Waals surface area contributed by atoms with E-state index in [0.717, 1.165) is 12.8 Å². The first-order valence-electron chi connectivity index (χ1n) is 9.25. The van der Waals surface area contributed by atoms with E-state index < -0.39 is 5.82 Å². The number of fused-ring (bicyclic) bond motifs is 1. The van der Waals surface area contributed by atoms with Gasteiger partial charge in [-0.1, -0.05) is 17.3 Å². The predicted molar refractivity (Wildman–Crippen MR) is 93.1 cm³/mol. The van der Waals surface area contributed by atoms with Crippen molar-refractivity contribution in [2.75, 3.05) is 19.8 Å². The number of nitrogens with zero attached hydrogens (tertiary/aromatic N) is 3. The summed E-state index contributed by atoms with van der Waals surface area (Å²) in [4.78, 5) is 18.8. The van der Waals surface area contributed by atoms with Crippen LogP contribution in [0.5, 0.6) is 0 Å². The standard InChI is InChI=1S/C19H22FN3O4/c20-14-4-2-1-3-13(14)19-21-17(27-22-19)5-6-18(25)23-7-8-26-16-10-12(11-24)9-15(16)23/h1-4,12,15-16,24H,5-11H2/t12-,15+,16?/m1/s1. The predicted octanol–water partition coefficient (Wildman–Crippen LogP) is 1.81. The Morgan fingerprint density at radius 2 is 2.19 bits per heavy atom. The van der Waals surface area contributed by atoms with Crippen LogP contribution in [0, 0.1) is 11.7 Å². The maximum atomic E-state index is 13.8. The Bertz CT molecular complexity index is 812. The number of rotatable bonds is 5. The highest BCUT2D eigenvalue weighted by atomic mass is 19.1. The number of hydrogen-bond donors (Lipinski definition) is 1. The van der Waals surface area contributed by atoms with Crippen molar-refractivity contribution >= 4 is 5.91 Å². The maximum absolute atomic E-state index is 13.8. The van der Waals surface area contributed by atoms with Gasteiger partial charge in [-0.05, 0) is 30.9 Å². The lowest BCUT2D eigenvalue weighted by Gasteiger charge is -2.37. The zero-order valence-corrected chi connectivity index (χ0v) is 14.9. The van der Waals surface area contributed by atoms with Crippen LogP contribution in [0.3, 0.4) is 0 Å². The van der Waals surface area contributed by atoms with Gasteiger partial charge in [-0.2, -0.15) is 4.98 Å². The molecule has 144 valence electrons. The molecule has 1 aliphatic carbocycles. The molecule has 1 aliphatic heterocycles. The highest BCUT2D eigenvalue weighted by Crippen LogP contribution is 2.34. The molecule has 1 unspecified atom stereocenters. The number of morpholine rings is 1. The summed E-state index contributed by atoms with van der Waals surface area (Å²) in [5.41, 5.74) is 0.274. The fourth-order valence-electron chi connectivity index (χ4n) is 3.98. The van der Waals surface area contributed by atoms with E-state index in [1.54, 1.807) is 18.2 Å². The van der Waals surface area contributed by atoms with E-state index in [9.17, 15) is 14.3 Å². The molecule has 4 rings (SSSR count). The van der Waals surface area contributed by atoms with Gasteiger partial charge in [0, 0.05) is 26.0 Å². The van der Waals surface area contributed by atoms with Gasteiger partial charge in [-0.15, -0.1) is 0 Å². The third-order valence-electron chi connectivity index (χ3n) is 5.35. The Morgan fingerprint density at radius 3 is 3.00 bits per heavy atom. The van der Waals surface area contributed by atoms with Gasteiger partial charge in [0.1, 0.15) is 5.82 Å². The van der Waals surface area contributed by atoms with Gasteiger partial charge in [0.05, 0.1) is 24.3 Å². The molecule has 1 N–H and O–H groups in total. The molecule has 8 heteroatoms. The molecule has 27 heavy (non-hydrogen) atoms. The number of ether oxygens (including phenoxy) is 1. The quantitative estimate of drug-likeness (QED) is 0.857. The molecular formula is C19H22FN3O4. The van der Waals surface area contributed by atoms with Crippen molar-refractivity contribution in [2.24, 2.45) is 5.92 Å². The highest BCUT2D eigenvalue weighted by Gasteiger charge is 2.42. The fraction of sp³-hybridized carbons (Fsp3) is 0.526. The molecule has 2 aliphatic rings. The zero-order chi connectivity index (χ0) is 18.8. The fourth-order valence-corrected chi connectivity index (χ4v) is 3.98. The van der Waals surface area contributed by atoms with Gasteiger partial charge in [-0.25, -0.2) is 4.39 Å². The van der Waals surface area contributed by atoms with Gasteiger partial charge >= 0.3 is 0 Å². The first-order valence-corrected chi connectivity index (χ1v) is 9.25. The molecule has 1 saturated carbocycles. The average molecular weight is 375 g/mol. The normalized spacial score (nSPS) is 24.8. The molecule has 3 atom stereocenters. The van der Waals surface area contributed by atoms with E-state index in [0.29, 0.717) is 25.5 Å². The van der Waals surface area contributed by atoms with Crippen LogP contribution in [0.25, 0.3) is 11.4 Å². The Balaban J connectivity index is 1.38. The number of aliphatic hydroxyl groups is 1. The second-order valence-corrected chi connectivity index (χ2v) is 7.08. The summed E-state index contributed by atoms with van der Waals surface area (Å²) in [5, 5.41) is 13.2. The Hall–Kier alpha value is -2.32. The summed E-state index contributed by atoms with van der Waals surface area (Å²) in [6, 6.07) is 6.25. The lowest BCUT2D eigenvalue weighted by atomic mass is 10.1. The topological polar surface area (TPSA) is 88.7 Å². The summed E-state index contributed by atoms with van der Waals surface area (Å²) in [5.74, 6) is 0.278. The van der Waals surface area contributed by atoms with E-state index in [1.165, 1.54) is 6.07 Å². The molecule has 0 radical (unpaired) electrons. The van der Waals surface area contributed by atoms with Gasteiger partial charge in [-0.3, -0.25) is 4.79 Å². The highest BCUT2D eigenvalue weighted by molar-refractivity contribution is 5.77. The maximum Gasteiger partial charge on any atom is 0.227 e. The Kier molecular flexibility index (Phi) is 5.18. The summed E-state index contributed by atoms with van der Waals surface area (Å²) in [6.07, 6.45) is 2.12. The van der Waals surface area contributed by atoms with E-state index in [4.69, 9.17) is 9.26 Å². The molecular weight excluding hydrogens is 353 g/mol. The van der Waals surface area contributed by atoms with Crippen LogP contribution < -0.4 is 0 Å². The number of amides is 1. The van der Waals surface area contributed by atoms with Gasteiger partial charge in [0.25, 0.3) is 0 Å². The SMILES string of the molecule is O=C(CCc1nc(-c2ccccc2F)no1)N1CCOC2C[C@H](CO)C[C@@H]21. The second-order valence-electron chi connectivity index (χ2n) is 7.08. The van der Waals surface area contributed by atoms with Crippen LogP contribution in [0.4, 0.5) is 4.39 Å². The molecule has 0 spiro atoms. The number of aliphatic hydroxyl groups excluding tert-OH is 1. The first kappa shape index (κ1) is 18.1. The lowest BCUT2D eigenvalue weighted by molar-refractivity contribution is -0.144. The monoisotopic (exact) mass is 375 g/mol. The molecule has 2 aromatic rings. The zero-order valence-electron chi connectivity index (χ0n) is 14.9. The molecule has 1 aromatic carbocycles. The first-order chi connectivity index (χ1) is 13.2. The van der Waals surface area contributed by atoms with Crippen molar-refractivity contribution in [3.63, 3.8) is 0 Å². The number of benzene rings is 1. The van der Waals surface area contributed by atoms with Gasteiger partial charge in [0.2, 0.25) is 17.6 Å². The second kappa shape index (κ2) is 7.74. The summed E-state index contributed by atoms with van der Waals surface area (Å²) >= 11 is 0. The summed E-state index contributed by atoms with van der Waals surface area (Å²) < 4.78 is 24.8. The number of carbonyl (C=O) groups excluding carboxylic acids is 1. The van der Waals surface area contributed by atoms with Crippen LogP contribution in [-0.4, -0.2) is 58.0 Å². The van der Waals surface area contributed by atoms with E-state index in [2.05, 4.69) is 10.1 Å². The minimum absolute atomic E-state index is 0.0101. The Labute approximate surface area is 156 Å². The van der Waals surface area contributed by atoms with Crippen LogP contribution in [0.1, 0.15) is 25.2 Å². The molecule has 1 aromatic heterocycles.